The minimum atomic E-state index is -0.683. The van der Waals surface area contributed by atoms with Crippen LogP contribution in [0.4, 0.5) is 0 Å². The van der Waals surface area contributed by atoms with E-state index in [1.807, 2.05) is 19.1 Å². The Bertz CT molecular complexity index is 549. The Hall–Kier alpha value is -1.75. The molecule has 5 nitrogen and oxygen atoms in total. The number of carboxylic acids is 1. The molecule has 1 unspecified atom stereocenters. The van der Waals surface area contributed by atoms with Gasteiger partial charge in [0.25, 0.3) is 0 Å². The number of fused-ring (bicyclic) bond motifs is 1. The van der Waals surface area contributed by atoms with Crippen LogP contribution in [0.3, 0.4) is 0 Å². The lowest BCUT2D eigenvalue weighted by molar-refractivity contribution is -0.151. The van der Waals surface area contributed by atoms with Crippen molar-refractivity contribution in [3.8, 4) is 11.5 Å². The molecule has 1 aromatic carbocycles. The molecule has 2 aliphatic heterocycles. The summed E-state index contributed by atoms with van der Waals surface area (Å²) in [7, 11) is 0. The standard InChI is InChI=1S/C16H21NO4/c1-11(12-3-4-13-14(9-12)21-10-20-13)17-7-5-16(2,6-8-17)15(18)19/h3-4,9,11H,5-8,10H2,1-2H3,(H,18,19). The highest BCUT2D eigenvalue weighted by atomic mass is 16.7. The SMILES string of the molecule is CC(c1ccc2c(c1)OCO2)N1CCC(C)(C(=O)O)CC1. The van der Waals surface area contributed by atoms with Gasteiger partial charge in [0, 0.05) is 6.04 Å². The van der Waals surface area contributed by atoms with Crippen LogP contribution in [0.1, 0.15) is 38.3 Å². The number of carboxylic acid groups (broad SMARTS) is 1. The van der Waals surface area contributed by atoms with Crippen LogP contribution in [0.2, 0.25) is 0 Å². The maximum absolute atomic E-state index is 11.3. The van der Waals surface area contributed by atoms with Crippen LogP contribution in [-0.2, 0) is 4.79 Å². The highest BCUT2D eigenvalue weighted by molar-refractivity contribution is 5.74. The van der Waals surface area contributed by atoms with Crippen molar-refractivity contribution < 1.29 is 19.4 Å². The number of nitrogens with zero attached hydrogens (tertiary/aromatic N) is 1. The first kappa shape index (κ1) is 14.2. The second-order valence-corrected chi connectivity index (χ2v) is 6.19. The van der Waals surface area contributed by atoms with Gasteiger partial charge in [-0.2, -0.15) is 0 Å². The maximum atomic E-state index is 11.3. The third kappa shape index (κ3) is 2.58. The van der Waals surface area contributed by atoms with Gasteiger partial charge in [-0.3, -0.25) is 9.69 Å². The zero-order chi connectivity index (χ0) is 15.0. The molecule has 5 heteroatoms. The monoisotopic (exact) mass is 291 g/mol. The topological polar surface area (TPSA) is 59.0 Å². The lowest BCUT2D eigenvalue weighted by Crippen LogP contribution is -2.43. The summed E-state index contributed by atoms with van der Waals surface area (Å²) in [6.45, 7) is 5.89. The zero-order valence-corrected chi connectivity index (χ0v) is 12.5. The number of carbonyl (C=O) groups is 1. The quantitative estimate of drug-likeness (QED) is 0.927. The van der Waals surface area contributed by atoms with E-state index in [9.17, 15) is 9.90 Å². The smallest absolute Gasteiger partial charge is 0.309 e. The van der Waals surface area contributed by atoms with Crippen LogP contribution < -0.4 is 9.47 Å². The third-order valence-electron chi connectivity index (χ3n) is 4.84. The summed E-state index contributed by atoms with van der Waals surface area (Å²) < 4.78 is 10.8. The normalized spacial score (nSPS) is 22.0. The maximum Gasteiger partial charge on any atom is 0.309 e. The molecule has 2 heterocycles. The number of piperidine rings is 1. The van der Waals surface area contributed by atoms with Gasteiger partial charge in [0.15, 0.2) is 11.5 Å². The molecule has 0 bridgehead atoms. The first-order chi connectivity index (χ1) is 9.99. The van der Waals surface area contributed by atoms with Gasteiger partial charge in [0.2, 0.25) is 6.79 Å². The molecule has 3 rings (SSSR count). The summed E-state index contributed by atoms with van der Waals surface area (Å²) in [6.07, 6.45) is 1.38. The molecule has 0 aromatic heterocycles. The van der Waals surface area contributed by atoms with E-state index in [1.165, 1.54) is 5.56 Å². The molecule has 0 spiro atoms. The molecule has 114 valence electrons. The fourth-order valence-electron chi connectivity index (χ4n) is 3.00. The van der Waals surface area contributed by atoms with Crippen molar-refractivity contribution >= 4 is 5.97 Å². The molecule has 21 heavy (non-hydrogen) atoms. The van der Waals surface area contributed by atoms with Crippen molar-refractivity contribution in [2.75, 3.05) is 19.9 Å². The Morgan fingerprint density at radius 1 is 1.29 bits per heavy atom. The Morgan fingerprint density at radius 3 is 2.62 bits per heavy atom. The summed E-state index contributed by atoms with van der Waals surface area (Å²) in [6, 6.07) is 6.28. The number of benzene rings is 1. The predicted molar refractivity (Wildman–Crippen MR) is 77.5 cm³/mol. The van der Waals surface area contributed by atoms with E-state index in [0.717, 1.165) is 24.6 Å². The third-order valence-corrected chi connectivity index (χ3v) is 4.84. The second-order valence-electron chi connectivity index (χ2n) is 6.19. The average Bonchev–Trinajstić information content (AvgIpc) is 2.94. The number of hydrogen-bond acceptors (Lipinski definition) is 4. The van der Waals surface area contributed by atoms with Gasteiger partial charge in [0.05, 0.1) is 5.41 Å². The first-order valence-corrected chi connectivity index (χ1v) is 7.37. The predicted octanol–water partition coefficient (Wildman–Crippen LogP) is 2.66. The molecule has 0 radical (unpaired) electrons. The minimum Gasteiger partial charge on any atom is -0.481 e. The average molecular weight is 291 g/mol. The van der Waals surface area contributed by atoms with Gasteiger partial charge in [-0.15, -0.1) is 0 Å². The van der Waals surface area contributed by atoms with E-state index in [1.54, 1.807) is 0 Å². The van der Waals surface area contributed by atoms with Crippen molar-refractivity contribution in [1.29, 1.82) is 0 Å². The first-order valence-electron chi connectivity index (χ1n) is 7.37. The number of likely N-dealkylation sites (tertiary alicyclic amines) is 1. The molecule has 1 N–H and O–H groups in total. The Balaban J connectivity index is 1.69. The van der Waals surface area contributed by atoms with E-state index >= 15 is 0 Å². The molecular weight excluding hydrogens is 270 g/mol. The molecular formula is C16H21NO4. The lowest BCUT2D eigenvalue weighted by Gasteiger charge is -2.39. The summed E-state index contributed by atoms with van der Waals surface area (Å²) in [5, 5.41) is 9.30. The minimum absolute atomic E-state index is 0.248. The Morgan fingerprint density at radius 2 is 1.95 bits per heavy atom. The van der Waals surface area contributed by atoms with Crippen LogP contribution in [0.5, 0.6) is 11.5 Å². The van der Waals surface area contributed by atoms with Crippen LogP contribution in [0.25, 0.3) is 0 Å². The van der Waals surface area contributed by atoms with Gasteiger partial charge in [-0.05, 0) is 57.5 Å². The number of hydrogen-bond donors (Lipinski definition) is 1. The summed E-state index contributed by atoms with van der Waals surface area (Å²) >= 11 is 0. The van der Waals surface area contributed by atoms with E-state index in [-0.39, 0.29) is 12.8 Å². The number of rotatable bonds is 3. The van der Waals surface area contributed by atoms with Crippen molar-refractivity contribution in [2.45, 2.75) is 32.7 Å². The molecule has 1 aromatic rings. The van der Waals surface area contributed by atoms with Crippen LogP contribution in [-0.4, -0.2) is 35.9 Å². The van der Waals surface area contributed by atoms with E-state index in [4.69, 9.17) is 9.47 Å². The van der Waals surface area contributed by atoms with Crippen LogP contribution in [0.15, 0.2) is 18.2 Å². The largest absolute Gasteiger partial charge is 0.481 e. The second kappa shape index (κ2) is 5.22. The molecule has 1 fully saturated rings. The van der Waals surface area contributed by atoms with E-state index < -0.39 is 11.4 Å². The Kier molecular flexibility index (Phi) is 3.53. The van der Waals surface area contributed by atoms with Gasteiger partial charge in [-0.1, -0.05) is 6.07 Å². The zero-order valence-electron chi connectivity index (χ0n) is 12.5. The fraction of sp³-hybridized carbons (Fsp3) is 0.562. The van der Waals surface area contributed by atoms with Gasteiger partial charge in [0.1, 0.15) is 0 Å². The molecule has 2 aliphatic rings. The van der Waals surface area contributed by atoms with Gasteiger partial charge < -0.3 is 14.6 Å². The Labute approximate surface area is 124 Å². The number of ether oxygens (including phenoxy) is 2. The van der Waals surface area contributed by atoms with Crippen molar-refractivity contribution in [3.63, 3.8) is 0 Å². The lowest BCUT2D eigenvalue weighted by atomic mass is 9.80. The van der Waals surface area contributed by atoms with E-state index in [0.29, 0.717) is 12.8 Å². The molecule has 0 amide bonds. The highest BCUT2D eigenvalue weighted by Crippen LogP contribution is 2.38. The summed E-state index contributed by atoms with van der Waals surface area (Å²) in [4.78, 5) is 13.6. The molecule has 1 saturated heterocycles. The van der Waals surface area contributed by atoms with Crippen molar-refractivity contribution in [1.82, 2.24) is 4.90 Å². The number of aliphatic carboxylic acids is 1. The molecule has 0 saturated carbocycles. The van der Waals surface area contributed by atoms with Crippen LogP contribution in [0, 0.1) is 5.41 Å². The van der Waals surface area contributed by atoms with Crippen molar-refractivity contribution in [3.05, 3.63) is 23.8 Å². The van der Waals surface area contributed by atoms with Crippen LogP contribution >= 0.6 is 0 Å². The highest BCUT2D eigenvalue weighted by Gasteiger charge is 2.38. The summed E-state index contributed by atoms with van der Waals surface area (Å²) in [5.41, 5.74) is 0.601. The summed E-state index contributed by atoms with van der Waals surface area (Å²) in [5.74, 6) is 0.910. The van der Waals surface area contributed by atoms with Crippen molar-refractivity contribution in [2.24, 2.45) is 5.41 Å². The molecule has 0 aliphatic carbocycles. The van der Waals surface area contributed by atoms with Gasteiger partial charge in [-0.25, -0.2) is 0 Å². The van der Waals surface area contributed by atoms with Gasteiger partial charge >= 0.3 is 5.97 Å². The fourth-order valence-corrected chi connectivity index (χ4v) is 3.00. The van der Waals surface area contributed by atoms with E-state index in [2.05, 4.69) is 17.9 Å². The molecule has 1 atom stereocenters.